The summed E-state index contributed by atoms with van der Waals surface area (Å²) in [6, 6.07) is 11.6. The fourth-order valence-electron chi connectivity index (χ4n) is 2.58. The number of aromatic nitrogens is 1. The van der Waals surface area contributed by atoms with Crippen molar-refractivity contribution in [3.05, 3.63) is 74.2 Å². The number of nitrogens with one attached hydrogen (secondary N) is 1. The first kappa shape index (κ1) is 21.7. The van der Waals surface area contributed by atoms with Crippen molar-refractivity contribution in [3.63, 3.8) is 0 Å². The summed E-state index contributed by atoms with van der Waals surface area (Å²) in [6.07, 6.45) is 3.55. The Balaban J connectivity index is 1.73. The molecular formula is C21H15Cl2N3O3S. The van der Waals surface area contributed by atoms with E-state index in [0.29, 0.717) is 27.2 Å². The monoisotopic (exact) mass is 459 g/mol. The summed E-state index contributed by atoms with van der Waals surface area (Å²) >= 11 is 13.5. The van der Waals surface area contributed by atoms with Crippen LogP contribution in [0.3, 0.4) is 0 Å². The minimum atomic E-state index is -0.591. The Bertz CT molecular complexity index is 1170. The summed E-state index contributed by atoms with van der Waals surface area (Å²) < 4.78 is 5.04. The van der Waals surface area contributed by atoms with Crippen molar-refractivity contribution in [1.82, 2.24) is 4.98 Å². The van der Waals surface area contributed by atoms with Gasteiger partial charge >= 0.3 is 0 Å². The number of thiazole rings is 1. The Labute approximate surface area is 187 Å². The zero-order chi connectivity index (χ0) is 21.7. The predicted molar refractivity (Wildman–Crippen MR) is 118 cm³/mol. The number of carbonyl (C=O) groups is 1. The average Bonchev–Trinajstić information content (AvgIpc) is 3.16. The van der Waals surface area contributed by atoms with E-state index in [9.17, 15) is 15.2 Å². The van der Waals surface area contributed by atoms with Gasteiger partial charge in [0.25, 0.3) is 5.91 Å². The van der Waals surface area contributed by atoms with Crippen LogP contribution in [-0.2, 0) is 11.2 Å². The Morgan fingerprint density at radius 2 is 2.13 bits per heavy atom. The van der Waals surface area contributed by atoms with E-state index in [1.165, 1.54) is 36.7 Å². The summed E-state index contributed by atoms with van der Waals surface area (Å²) in [5.74, 6) is -0.385. The zero-order valence-electron chi connectivity index (χ0n) is 15.6. The lowest BCUT2D eigenvalue weighted by Crippen LogP contribution is -2.13. The summed E-state index contributed by atoms with van der Waals surface area (Å²) in [5.41, 5.74) is 1.27. The minimum Gasteiger partial charge on any atom is -0.504 e. The summed E-state index contributed by atoms with van der Waals surface area (Å²) in [4.78, 5) is 17.5. The van der Waals surface area contributed by atoms with Crippen LogP contribution in [0.5, 0.6) is 11.5 Å². The van der Waals surface area contributed by atoms with Gasteiger partial charge in [0.1, 0.15) is 11.6 Å². The molecule has 0 aliphatic heterocycles. The number of phenols is 1. The van der Waals surface area contributed by atoms with E-state index in [0.717, 1.165) is 10.4 Å². The standard InChI is InChI=1S/C21H15Cl2N3O3S/c1-29-19-7-12(2-5-18(19)27)6-14(10-24)20(28)26-21-25-11-16(30-21)9-13-8-15(22)3-4-17(13)23/h2-8,11,27H,9H2,1H3,(H,25,26,28)/b14-6+. The van der Waals surface area contributed by atoms with Gasteiger partial charge in [-0.25, -0.2) is 4.98 Å². The number of ether oxygens (including phenoxy) is 1. The van der Waals surface area contributed by atoms with E-state index < -0.39 is 5.91 Å². The van der Waals surface area contributed by atoms with Crippen molar-refractivity contribution in [3.8, 4) is 17.6 Å². The molecule has 0 fully saturated rings. The first-order chi connectivity index (χ1) is 14.4. The number of nitrogens with zero attached hydrogens (tertiary/aromatic N) is 2. The first-order valence-corrected chi connectivity index (χ1v) is 10.2. The highest BCUT2D eigenvalue weighted by Crippen LogP contribution is 2.28. The fraction of sp³-hybridized carbons (Fsp3) is 0.0952. The van der Waals surface area contributed by atoms with E-state index in [1.54, 1.807) is 30.5 Å². The molecule has 0 saturated carbocycles. The number of carbonyl (C=O) groups excluding carboxylic acids is 1. The second kappa shape index (κ2) is 9.63. The molecule has 1 amide bonds. The molecule has 9 heteroatoms. The molecule has 0 aliphatic carbocycles. The van der Waals surface area contributed by atoms with Crippen LogP contribution < -0.4 is 10.1 Å². The zero-order valence-corrected chi connectivity index (χ0v) is 18.0. The summed E-state index contributed by atoms with van der Waals surface area (Å²) in [6.45, 7) is 0. The van der Waals surface area contributed by atoms with Gasteiger partial charge in [0.2, 0.25) is 0 Å². The number of amides is 1. The van der Waals surface area contributed by atoms with Crippen molar-refractivity contribution in [2.24, 2.45) is 0 Å². The number of anilines is 1. The van der Waals surface area contributed by atoms with Gasteiger partial charge in [0.05, 0.1) is 7.11 Å². The first-order valence-electron chi connectivity index (χ1n) is 8.58. The van der Waals surface area contributed by atoms with Crippen LogP contribution in [0.1, 0.15) is 16.0 Å². The molecule has 0 spiro atoms. The summed E-state index contributed by atoms with van der Waals surface area (Å²) in [5, 5.41) is 23.2. The van der Waals surface area contributed by atoms with Gasteiger partial charge in [-0.15, -0.1) is 11.3 Å². The maximum atomic E-state index is 12.5. The van der Waals surface area contributed by atoms with Gasteiger partial charge in [-0.05, 0) is 47.5 Å². The SMILES string of the molecule is COc1cc(/C=C(\C#N)C(=O)Nc2ncc(Cc3cc(Cl)ccc3Cl)s2)ccc1O. The molecule has 0 aliphatic rings. The molecule has 0 unspecified atom stereocenters. The van der Waals surface area contributed by atoms with E-state index in [4.69, 9.17) is 27.9 Å². The topological polar surface area (TPSA) is 95.2 Å². The Morgan fingerprint density at radius 3 is 2.87 bits per heavy atom. The number of halogens is 2. The average molecular weight is 460 g/mol. The highest BCUT2D eigenvalue weighted by molar-refractivity contribution is 7.15. The molecule has 3 aromatic rings. The highest BCUT2D eigenvalue weighted by atomic mass is 35.5. The molecule has 0 radical (unpaired) electrons. The van der Waals surface area contributed by atoms with E-state index >= 15 is 0 Å². The lowest BCUT2D eigenvalue weighted by molar-refractivity contribution is -0.112. The lowest BCUT2D eigenvalue weighted by atomic mass is 10.1. The third-order valence-electron chi connectivity index (χ3n) is 4.03. The fourth-order valence-corrected chi connectivity index (χ4v) is 3.79. The van der Waals surface area contributed by atoms with Crippen molar-refractivity contribution in [2.75, 3.05) is 12.4 Å². The quantitative estimate of drug-likeness (QED) is 0.385. The largest absolute Gasteiger partial charge is 0.504 e. The maximum absolute atomic E-state index is 12.5. The van der Waals surface area contributed by atoms with Crippen LogP contribution in [0.4, 0.5) is 5.13 Å². The van der Waals surface area contributed by atoms with Crippen LogP contribution in [0, 0.1) is 11.3 Å². The van der Waals surface area contributed by atoms with E-state index in [1.807, 2.05) is 6.07 Å². The molecule has 6 nitrogen and oxygen atoms in total. The second-order valence-electron chi connectivity index (χ2n) is 6.10. The van der Waals surface area contributed by atoms with Gasteiger partial charge in [-0.2, -0.15) is 5.26 Å². The molecule has 1 heterocycles. The van der Waals surface area contributed by atoms with Crippen LogP contribution in [0.25, 0.3) is 6.08 Å². The van der Waals surface area contributed by atoms with Crippen LogP contribution in [0.2, 0.25) is 10.0 Å². The van der Waals surface area contributed by atoms with Crippen molar-refractivity contribution < 1.29 is 14.6 Å². The number of benzene rings is 2. The van der Waals surface area contributed by atoms with Gasteiger partial charge < -0.3 is 9.84 Å². The number of nitriles is 1. The summed E-state index contributed by atoms with van der Waals surface area (Å²) in [7, 11) is 1.41. The molecule has 0 bridgehead atoms. The number of hydrogen-bond acceptors (Lipinski definition) is 6. The molecule has 0 saturated heterocycles. The minimum absolute atomic E-state index is 0.0345. The van der Waals surface area contributed by atoms with Crippen molar-refractivity contribution in [1.29, 1.82) is 5.26 Å². The molecule has 2 N–H and O–H groups in total. The molecule has 3 rings (SSSR count). The number of hydrogen-bond donors (Lipinski definition) is 2. The molecule has 2 aromatic carbocycles. The molecule has 30 heavy (non-hydrogen) atoms. The second-order valence-corrected chi connectivity index (χ2v) is 8.06. The van der Waals surface area contributed by atoms with Gasteiger partial charge in [-0.1, -0.05) is 29.3 Å². The third-order valence-corrected chi connectivity index (χ3v) is 5.54. The van der Waals surface area contributed by atoms with Gasteiger partial charge in [0.15, 0.2) is 16.6 Å². The molecule has 152 valence electrons. The smallest absolute Gasteiger partial charge is 0.268 e. The van der Waals surface area contributed by atoms with Gasteiger partial charge in [-0.3, -0.25) is 10.1 Å². The van der Waals surface area contributed by atoms with Crippen LogP contribution >= 0.6 is 34.5 Å². The van der Waals surface area contributed by atoms with Crippen molar-refractivity contribution in [2.45, 2.75) is 6.42 Å². The van der Waals surface area contributed by atoms with Crippen LogP contribution in [0.15, 0.2) is 48.2 Å². The lowest BCUT2D eigenvalue weighted by Gasteiger charge is -2.05. The Hall–Kier alpha value is -3.05. The molecule has 0 atom stereocenters. The predicted octanol–water partition coefficient (Wildman–Crippen LogP) is 5.30. The van der Waals surface area contributed by atoms with Crippen molar-refractivity contribution >= 4 is 51.7 Å². The molecular weight excluding hydrogens is 445 g/mol. The third kappa shape index (κ3) is 5.30. The number of methoxy groups -OCH3 is 1. The molecule has 1 aromatic heterocycles. The highest BCUT2D eigenvalue weighted by Gasteiger charge is 2.13. The van der Waals surface area contributed by atoms with E-state index in [2.05, 4.69) is 10.3 Å². The maximum Gasteiger partial charge on any atom is 0.268 e. The number of phenolic OH excluding ortho intramolecular Hbond substituents is 1. The van der Waals surface area contributed by atoms with Crippen LogP contribution in [-0.4, -0.2) is 23.1 Å². The Morgan fingerprint density at radius 1 is 1.33 bits per heavy atom. The number of aromatic hydroxyl groups is 1. The van der Waals surface area contributed by atoms with E-state index in [-0.39, 0.29) is 17.1 Å². The normalized spacial score (nSPS) is 11.1. The Kier molecular flexibility index (Phi) is 6.95. The number of rotatable bonds is 6. The van der Waals surface area contributed by atoms with Gasteiger partial charge in [0, 0.05) is 27.5 Å².